The largest absolute Gasteiger partial charge is 0.325 e. The first kappa shape index (κ1) is 15.9. The van der Waals surface area contributed by atoms with E-state index in [1.54, 1.807) is 29.5 Å². The van der Waals surface area contributed by atoms with Gasteiger partial charge in [-0.25, -0.2) is 9.78 Å². The van der Waals surface area contributed by atoms with Crippen molar-refractivity contribution in [1.82, 2.24) is 15.0 Å². The van der Waals surface area contributed by atoms with E-state index in [9.17, 15) is 9.59 Å². The van der Waals surface area contributed by atoms with Gasteiger partial charge in [-0.3, -0.25) is 4.79 Å². The zero-order chi connectivity index (χ0) is 17.4. The number of benzene rings is 2. The van der Waals surface area contributed by atoms with E-state index in [1.807, 2.05) is 31.2 Å². The van der Waals surface area contributed by atoms with E-state index in [0.29, 0.717) is 16.7 Å². The minimum atomic E-state index is -0.290. The number of fused-ring (bicyclic) bond motifs is 2. The number of H-pyrrole nitrogens is 2. The molecule has 2 aromatic carbocycles. The second-order valence-electron chi connectivity index (χ2n) is 5.54. The van der Waals surface area contributed by atoms with E-state index in [2.05, 4.69) is 20.3 Å². The summed E-state index contributed by atoms with van der Waals surface area (Å²) in [5.74, 6) is -0.110. The third-order valence-electron chi connectivity index (χ3n) is 3.70. The number of aromatic amines is 2. The molecule has 0 unspecified atom stereocenters. The summed E-state index contributed by atoms with van der Waals surface area (Å²) in [6.07, 6.45) is 0. The maximum absolute atomic E-state index is 12.4. The van der Waals surface area contributed by atoms with Gasteiger partial charge in [0, 0.05) is 5.69 Å². The molecule has 0 aliphatic rings. The maximum atomic E-state index is 12.4. The van der Waals surface area contributed by atoms with Gasteiger partial charge in [0.1, 0.15) is 0 Å². The highest BCUT2D eigenvalue weighted by atomic mass is 32.2. The van der Waals surface area contributed by atoms with E-state index in [4.69, 9.17) is 0 Å². The molecule has 4 aromatic rings. The van der Waals surface area contributed by atoms with Crippen molar-refractivity contribution in [3.05, 3.63) is 52.9 Å². The normalized spacial score (nSPS) is 12.5. The molecule has 2 aromatic heterocycles. The highest BCUT2D eigenvalue weighted by Gasteiger charge is 2.17. The van der Waals surface area contributed by atoms with Crippen LogP contribution in [0.15, 0.2) is 51.6 Å². The van der Waals surface area contributed by atoms with Crippen LogP contribution >= 0.6 is 23.1 Å². The number of carbonyl (C=O) groups excluding carboxylic acids is 1. The Bertz CT molecular complexity index is 1100. The summed E-state index contributed by atoms with van der Waals surface area (Å²) in [4.78, 5) is 33.6. The Morgan fingerprint density at radius 1 is 1.20 bits per heavy atom. The third-order valence-corrected chi connectivity index (χ3v) is 5.93. The first-order valence-corrected chi connectivity index (χ1v) is 9.33. The fourth-order valence-electron chi connectivity index (χ4n) is 2.46. The number of nitrogens with zero attached hydrogens (tertiary/aromatic N) is 1. The topological polar surface area (TPSA) is 90.6 Å². The molecule has 0 fully saturated rings. The Kier molecular flexibility index (Phi) is 4.06. The van der Waals surface area contributed by atoms with Crippen LogP contribution in [0.2, 0.25) is 0 Å². The standard InChI is InChI=1S/C17H14N4O2S2/c1-9(24-17-21-12-4-2-3-5-14(12)25-17)15(22)18-10-6-7-11-13(8-10)20-16(23)19-11/h2-9H,1H3,(H,18,22)(H2,19,20,23)/t9-/m0/s1. The Morgan fingerprint density at radius 2 is 2.00 bits per heavy atom. The quantitative estimate of drug-likeness (QED) is 0.479. The average molecular weight is 370 g/mol. The van der Waals surface area contributed by atoms with Gasteiger partial charge in [0.05, 0.1) is 26.5 Å². The van der Waals surface area contributed by atoms with Crippen molar-refractivity contribution in [1.29, 1.82) is 0 Å². The number of thioether (sulfide) groups is 1. The van der Waals surface area contributed by atoms with Gasteiger partial charge in [0.25, 0.3) is 0 Å². The first-order valence-electron chi connectivity index (χ1n) is 7.63. The molecule has 25 heavy (non-hydrogen) atoms. The molecule has 8 heteroatoms. The van der Waals surface area contributed by atoms with Gasteiger partial charge in [-0.05, 0) is 37.3 Å². The zero-order valence-electron chi connectivity index (χ0n) is 13.2. The van der Waals surface area contributed by atoms with Crippen LogP contribution in [0.5, 0.6) is 0 Å². The lowest BCUT2D eigenvalue weighted by Gasteiger charge is -2.10. The smallest absolute Gasteiger partial charge is 0.323 e. The van der Waals surface area contributed by atoms with E-state index >= 15 is 0 Å². The molecule has 1 atom stereocenters. The number of amides is 1. The summed E-state index contributed by atoms with van der Waals surface area (Å²) >= 11 is 3.02. The van der Waals surface area contributed by atoms with Gasteiger partial charge in [-0.1, -0.05) is 23.9 Å². The third kappa shape index (κ3) is 3.31. The Labute approximate surface area is 150 Å². The number of imidazole rings is 1. The van der Waals surface area contributed by atoms with Crippen molar-refractivity contribution in [2.45, 2.75) is 16.5 Å². The van der Waals surface area contributed by atoms with Crippen LogP contribution in [-0.4, -0.2) is 26.1 Å². The summed E-state index contributed by atoms with van der Waals surface area (Å²) in [6, 6.07) is 13.2. The number of rotatable bonds is 4. The lowest BCUT2D eigenvalue weighted by Crippen LogP contribution is -2.22. The van der Waals surface area contributed by atoms with Crippen molar-refractivity contribution in [3.8, 4) is 0 Å². The number of hydrogen-bond acceptors (Lipinski definition) is 5. The van der Waals surface area contributed by atoms with Gasteiger partial charge < -0.3 is 15.3 Å². The molecule has 0 aliphatic heterocycles. The number of nitrogens with one attached hydrogen (secondary N) is 3. The number of hydrogen-bond donors (Lipinski definition) is 3. The van der Waals surface area contributed by atoms with Gasteiger partial charge in [0.2, 0.25) is 5.91 Å². The average Bonchev–Trinajstić information content (AvgIpc) is 3.15. The van der Waals surface area contributed by atoms with E-state index < -0.39 is 0 Å². The van der Waals surface area contributed by atoms with Crippen LogP contribution in [0, 0.1) is 0 Å². The molecule has 2 heterocycles. The van der Waals surface area contributed by atoms with Gasteiger partial charge in [-0.2, -0.15) is 0 Å². The molecule has 0 radical (unpaired) electrons. The molecule has 0 bridgehead atoms. The van der Waals surface area contributed by atoms with Crippen molar-refractivity contribution in [2.75, 3.05) is 5.32 Å². The molecular weight excluding hydrogens is 356 g/mol. The Hall–Kier alpha value is -2.58. The fraction of sp³-hybridized carbons (Fsp3) is 0.118. The number of para-hydroxylation sites is 1. The fourth-order valence-corrected chi connectivity index (χ4v) is 4.67. The lowest BCUT2D eigenvalue weighted by atomic mass is 10.2. The molecule has 0 spiro atoms. The minimum Gasteiger partial charge on any atom is -0.325 e. The number of aromatic nitrogens is 3. The predicted molar refractivity (Wildman–Crippen MR) is 102 cm³/mol. The SMILES string of the molecule is C[C@H](Sc1nc2ccccc2s1)C(=O)Nc1ccc2[nH]c(=O)[nH]c2c1. The minimum absolute atomic E-state index is 0.110. The molecule has 0 aliphatic carbocycles. The number of anilines is 1. The van der Waals surface area contributed by atoms with Crippen LogP contribution in [-0.2, 0) is 4.79 Å². The van der Waals surface area contributed by atoms with Crippen molar-refractivity contribution in [3.63, 3.8) is 0 Å². The molecule has 6 nitrogen and oxygen atoms in total. The second-order valence-corrected chi connectivity index (χ2v) is 8.15. The second kappa shape index (κ2) is 6.38. The van der Waals surface area contributed by atoms with Gasteiger partial charge in [-0.15, -0.1) is 11.3 Å². The van der Waals surface area contributed by atoms with Crippen molar-refractivity contribution >= 4 is 55.9 Å². The molecule has 3 N–H and O–H groups in total. The first-order chi connectivity index (χ1) is 12.1. The molecule has 126 valence electrons. The van der Waals surface area contributed by atoms with Crippen LogP contribution in [0.25, 0.3) is 21.3 Å². The molecule has 0 saturated carbocycles. The summed E-state index contributed by atoms with van der Waals surface area (Å²) in [6.45, 7) is 1.85. The van der Waals surface area contributed by atoms with Gasteiger partial charge >= 0.3 is 5.69 Å². The van der Waals surface area contributed by atoms with Crippen molar-refractivity contribution < 1.29 is 4.79 Å². The Morgan fingerprint density at radius 3 is 2.84 bits per heavy atom. The monoisotopic (exact) mass is 370 g/mol. The van der Waals surface area contributed by atoms with Crippen LogP contribution in [0.4, 0.5) is 5.69 Å². The van der Waals surface area contributed by atoms with Crippen molar-refractivity contribution in [2.24, 2.45) is 0 Å². The Balaban J connectivity index is 1.48. The highest BCUT2D eigenvalue weighted by Crippen LogP contribution is 2.32. The van der Waals surface area contributed by atoms with Crippen LogP contribution in [0.1, 0.15) is 6.92 Å². The highest BCUT2D eigenvalue weighted by molar-refractivity contribution is 8.02. The summed E-state index contributed by atoms with van der Waals surface area (Å²) in [7, 11) is 0. The van der Waals surface area contributed by atoms with Crippen LogP contribution in [0.3, 0.4) is 0 Å². The maximum Gasteiger partial charge on any atom is 0.323 e. The number of carbonyl (C=O) groups is 1. The van der Waals surface area contributed by atoms with E-state index in [1.165, 1.54) is 11.8 Å². The number of thiazole rings is 1. The van der Waals surface area contributed by atoms with E-state index in [-0.39, 0.29) is 16.8 Å². The van der Waals surface area contributed by atoms with E-state index in [0.717, 1.165) is 14.6 Å². The molecule has 1 amide bonds. The molecular formula is C17H14N4O2S2. The van der Waals surface area contributed by atoms with Gasteiger partial charge in [0.15, 0.2) is 4.34 Å². The summed E-state index contributed by atoms with van der Waals surface area (Å²) in [5, 5.41) is 2.59. The summed E-state index contributed by atoms with van der Waals surface area (Å²) < 4.78 is 1.98. The lowest BCUT2D eigenvalue weighted by molar-refractivity contribution is -0.115. The molecule has 0 saturated heterocycles. The molecule has 4 rings (SSSR count). The van der Waals surface area contributed by atoms with Crippen LogP contribution < -0.4 is 11.0 Å². The predicted octanol–water partition coefficient (Wildman–Crippen LogP) is 3.59. The summed E-state index contributed by atoms with van der Waals surface area (Å²) in [5.41, 5.74) is 2.70. The zero-order valence-corrected chi connectivity index (χ0v) is 14.8.